The van der Waals surface area contributed by atoms with Gasteiger partial charge in [-0.2, -0.15) is 0 Å². The minimum Gasteiger partial charge on any atom is -0.497 e. The summed E-state index contributed by atoms with van der Waals surface area (Å²) in [6, 6.07) is 11.8. The van der Waals surface area contributed by atoms with Crippen LogP contribution in [0, 0.1) is 18.7 Å². The predicted octanol–water partition coefficient (Wildman–Crippen LogP) is 5.10. The molecule has 1 unspecified atom stereocenters. The highest BCUT2D eigenvalue weighted by molar-refractivity contribution is 5.65. The van der Waals surface area contributed by atoms with Gasteiger partial charge < -0.3 is 18.6 Å². The summed E-state index contributed by atoms with van der Waals surface area (Å²) in [5.74, 6) is 3.60. The van der Waals surface area contributed by atoms with Crippen LogP contribution in [0.3, 0.4) is 0 Å². The van der Waals surface area contributed by atoms with Gasteiger partial charge in [0.2, 0.25) is 5.89 Å². The van der Waals surface area contributed by atoms with Crippen molar-refractivity contribution < 1.29 is 23.0 Å². The number of rotatable bonds is 8. The number of hydrogen-bond donors (Lipinski definition) is 0. The number of ether oxygens (including phenoxy) is 3. The third-order valence-electron chi connectivity index (χ3n) is 5.81. The van der Waals surface area contributed by atoms with Crippen LogP contribution in [0.25, 0.3) is 11.5 Å². The maximum atomic E-state index is 13.1. The second-order valence-corrected chi connectivity index (χ2v) is 8.10. The molecule has 1 fully saturated rings. The molecule has 1 aromatic heterocycles. The zero-order valence-electron chi connectivity index (χ0n) is 18.8. The van der Waals surface area contributed by atoms with Crippen LogP contribution in [0.2, 0.25) is 0 Å². The van der Waals surface area contributed by atoms with Crippen molar-refractivity contribution in [3.05, 3.63) is 59.7 Å². The Bertz CT molecular complexity index is 1030. The SMILES string of the molecule is COc1ccc(-c2nc(CN3CCCC(COc4ccc(F)cc4)C3)c(C)o2)c(OC)c1. The van der Waals surface area contributed by atoms with Crippen LogP contribution in [0.5, 0.6) is 17.2 Å². The molecule has 0 N–H and O–H groups in total. The van der Waals surface area contributed by atoms with Gasteiger partial charge in [0.1, 0.15) is 28.8 Å². The minimum atomic E-state index is -0.254. The number of likely N-dealkylation sites (tertiary alicyclic amines) is 1. The summed E-state index contributed by atoms with van der Waals surface area (Å²) in [7, 11) is 3.25. The van der Waals surface area contributed by atoms with Crippen LogP contribution in [-0.4, -0.2) is 43.8 Å². The quantitative estimate of drug-likeness (QED) is 0.486. The van der Waals surface area contributed by atoms with Gasteiger partial charge in [-0.25, -0.2) is 9.37 Å². The maximum Gasteiger partial charge on any atom is 0.230 e. The molecule has 6 nitrogen and oxygen atoms in total. The highest BCUT2D eigenvalue weighted by Crippen LogP contribution is 2.34. The molecule has 2 heterocycles. The lowest BCUT2D eigenvalue weighted by molar-refractivity contribution is 0.124. The van der Waals surface area contributed by atoms with Crippen molar-refractivity contribution in [2.24, 2.45) is 5.92 Å². The average Bonchev–Trinajstić information content (AvgIpc) is 3.18. The van der Waals surface area contributed by atoms with Crippen LogP contribution in [0.4, 0.5) is 4.39 Å². The van der Waals surface area contributed by atoms with E-state index in [9.17, 15) is 4.39 Å². The van der Waals surface area contributed by atoms with Crippen LogP contribution in [-0.2, 0) is 6.54 Å². The molecule has 7 heteroatoms. The van der Waals surface area contributed by atoms with E-state index in [2.05, 4.69) is 4.90 Å². The Labute approximate surface area is 187 Å². The van der Waals surface area contributed by atoms with E-state index >= 15 is 0 Å². The van der Waals surface area contributed by atoms with E-state index in [-0.39, 0.29) is 5.82 Å². The summed E-state index contributed by atoms with van der Waals surface area (Å²) in [6.45, 7) is 5.23. The van der Waals surface area contributed by atoms with Gasteiger partial charge in [0.05, 0.1) is 32.1 Å². The number of piperidine rings is 1. The average molecular weight is 441 g/mol. The Hall–Kier alpha value is -3.06. The normalized spacial score (nSPS) is 16.7. The zero-order valence-corrected chi connectivity index (χ0v) is 18.8. The first-order chi connectivity index (χ1) is 15.6. The highest BCUT2D eigenvalue weighted by atomic mass is 19.1. The van der Waals surface area contributed by atoms with Gasteiger partial charge in [-0.15, -0.1) is 0 Å². The van der Waals surface area contributed by atoms with Gasteiger partial charge >= 0.3 is 0 Å². The molecule has 0 bridgehead atoms. The highest BCUT2D eigenvalue weighted by Gasteiger charge is 2.23. The summed E-state index contributed by atoms with van der Waals surface area (Å²) in [5.41, 5.74) is 1.73. The van der Waals surface area contributed by atoms with E-state index < -0.39 is 0 Å². The van der Waals surface area contributed by atoms with Crippen LogP contribution in [0.1, 0.15) is 24.3 Å². The number of benzene rings is 2. The van der Waals surface area contributed by atoms with Crippen molar-refractivity contribution in [3.63, 3.8) is 0 Å². The Morgan fingerprint density at radius 1 is 1.09 bits per heavy atom. The zero-order chi connectivity index (χ0) is 22.5. The fourth-order valence-electron chi connectivity index (χ4n) is 4.05. The summed E-state index contributed by atoms with van der Waals surface area (Å²) in [4.78, 5) is 7.16. The molecule has 170 valence electrons. The molecule has 4 rings (SSSR count). The van der Waals surface area contributed by atoms with Crippen LogP contribution >= 0.6 is 0 Å². The third-order valence-corrected chi connectivity index (χ3v) is 5.81. The Morgan fingerprint density at radius 3 is 2.62 bits per heavy atom. The molecule has 1 aliphatic rings. The van der Waals surface area contributed by atoms with Gasteiger partial charge in [-0.3, -0.25) is 4.90 Å². The molecule has 3 aromatic rings. The van der Waals surface area contributed by atoms with Crippen molar-refractivity contribution in [1.29, 1.82) is 0 Å². The topological polar surface area (TPSA) is 57.0 Å². The Kier molecular flexibility index (Phi) is 6.95. The van der Waals surface area contributed by atoms with Gasteiger partial charge in [0, 0.05) is 25.1 Å². The summed E-state index contributed by atoms with van der Waals surface area (Å²) in [6.07, 6.45) is 2.22. The van der Waals surface area contributed by atoms with E-state index in [1.54, 1.807) is 26.4 Å². The van der Waals surface area contributed by atoms with Crippen molar-refractivity contribution in [2.75, 3.05) is 33.9 Å². The van der Waals surface area contributed by atoms with E-state index in [0.717, 1.165) is 55.2 Å². The summed E-state index contributed by atoms with van der Waals surface area (Å²) in [5, 5.41) is 0. The molecule has 0 saturated carbocycles. The number of oxazole rings is 1. The first kappa shape index (κ1) is 22.1. The van der Waals surface area contributed by atoms with E-state index in [4.69, 9.17) is 23.6 Å². The van der Waals surface area contributed by atoms with Crippen molar-refractivity contribution in [2.45, 2.75) is 26.3 Å². The maximum absolute atomic E-state index is 13.1. The summed E-state index contributed by atoms with van der Waals surface area (Å²) < 4.78 is 35.7. The molecular formula is C25H29FN2O4. The van der Waals surface area contributed by atoms with Crippen molar-refractivity contribution in [3.8, 4) is 28.7 Å². The molecule has 1 aliphatic heterocycles. The monoisotopic (exact) mass is 440 g/mol. The number of aromatic nitrogens is 1. The van der Waals surface area contributed by atoms with Crippen LogP contribution in [0.15, 0.2) is 46.9 Å². The first-order valence-electron chi connectivity index (χ1n) is 10.8. The van der Waals surface area contributed by atoms with Gasteiger partial charge in [-0.1, -0.05) is 0 Å². The molecule has 0 amide bonds. The van der Waals surface area contributed by atoms with Gasteiger partial charge in [0.25, 0.3) is 0 Å². The van der Waals surface area contributed by atoms with Crippen LogP contribution < -0.4 is 14.2 Å². The largest absolute Gasteiger partial charge is 0.497 e. The van der Waals surface area contributed by atoms with E-state index in [0.29, 0.717) is 29.9 Å². The first-order valence-corrected chi connectivity index (χ1v) is 10.8. The lowest BCUT2D eigenvalue weighted by Gasteiger charge is -2.32. The predicted molar refractivity (Wildman–Crippen MR) is 120 cm³/mol. The smallest absolute Gasteiger partial charge is 0.230 e. The fourth-order valence-corrected chi connectivity index (χ4v) is 4.05. The fraction of sp³-hybridized carbons (Fsp3) is 0.400. The third kappa shape index (κ3) is 5.22. The molecule has 0 radical (unpaired) electrons. The molecule has 0 aliphatic carbocycles. The standard InChI is InChI=1S/C25H29FN2O4/c1-17-23(27-25(32-17)22-11-10-21(29-2)13-24(22)30-3)15-28-12-4-5-18(14-28)16-31-20-8-6-19(26)7-9-20/h6-11,13,18H,4-5,12,14-16H2,1-3H3. The second kappa shape index (κ2) is 10.0. The molecule has 0 spiro atoms. The molecule has 2 aromatic carbocycles. The van der Waals surface area contributed by atoms with Crippen molar-refractivity contribution >= 4 is 0 Å². The van der Waals surface area contributed by atoms with Gasteiger partial charge in [-0.05, 0) is 62.7 Å². The molecule has 1 atom stereocenters. The number of methoxy groups -OCH3 is 2. The molecule has 32 heavy (non-hydrogen) atoms. The minimum absolute atomic E-state index is 0.254. The Balaban J connectivity index is 1.40. The number of halogens is 1. The second-order valence-electron chi connectivity index (χ2n) is 8.10. The van der Waals surface area contributed by atoms with Crippen molar-refractivity contribution in [1.82, 2.24) is 9.88 Å². The lowest BCUT2D eigenvalue weighted by atomic mass is 9.99. The summed E-state index contributed by atoms with van der Waals surface area (Å²) >= 11 is 0. The van der Waals surface area contributed by atoms with Gasteiger partial charge in [0.15, 0.2) is 0 Å². The number of nitrogens with zero attached hydrogens (tertiary/aromatic N) is 2. The lowest BCUT2D eigenvalue weighted by Crippen LogP contribution is -2.37. The molecule has 1 saturated heterocycles. The Morgan fingerprint density at radius 2 is 1.88 bits per heavy atom. The van der Waals surface area contributed by atoms with E-state index in [1.807, 2.05) is 25.1 Å². The number of aryl methyl sites for hydroxylation is 1. The molecular weight excluding hydrogens is 411 g/mol. The number of hydrogen-bond acceptors (Lipinski definition) is 6. The van der Waals surface area contributed by atoms with E-state index in [1.165, 1.54) is 12.1 Å².